The maximum atomic E-state index is 5.73. The Bertz CT molecular complexity index is 728. The zero-order valence-corrected chi connectivity index (χ0v) is 20.4. The van der Waals surface area contributed by atoms with E-state index in [4.69, 9.17) is 9.15 Å². The van der Waals surface area contributed by atoms with E-state index < -0.39 is 0 Å². The van der Waals surface area contributed by atoms with Gasteiger partial charge in [-0.25, -0.2) is 0 Å². The third-order valence-corrected chi connectivity index (χ3v) is 5.35. The molecule has 30 heavy (non-hydrogen) atoms. The van der Waals surface area contributed by atoms with Crippen LogP contribution in [-0.2, 0) is 17.9 Å². The molecule has 0 amide bonds. The number of guanidine groups is 1. The minimum atomic E-state index is 0. The summed E-state index contributed by atoms with van der Waals surface area (Å²) in [5.41, 5.74) is 2.41. The molecule has 0 radical (unpaired) electrons. The summed E-state index contributed by atoms with van der Waals surface area (Å²) >= 11 is 0. The Kier molecular flexibility index (Phi) is 11.2. The fraction of sp³-hybridized carbons (Fsp3) is 0.522. The highest BCUT2D eigenvalue weighted by molar-refractivity contribution is 14.0. The zero-order valence-electron chi connectivity index (χ0n) is 18.1. The molecule has 0 spiro atoms. The maximum Gasteiger partial charge on any atom is 0.191 e. The highest BCUT2D eigenvalue weighted by Gasteiger charge is 2.24. The van der Waals surface area contributed by atoms with Crippen molar-refractivity contribution in [1.29, 1.82) is 0 Å². The van der Waals surface area contributed by atoms with Crippen LogP contribution >= 0.6 is 24.0 Å². The molecule has 1 aliphatic heterocycles. The summed E-state index contributed by atoms with van der Waals surface area (Å²) in [6.07, 6.45) is 5.59. The number of benzene rings is 1. The molecule has 1 unspecified atom stereocenters. The van der Waals surface area contributed by atoms with E-state index in [2.05, 4.69) is 50.9 Å². The topological polar surface area (TPSA) is 62.0 Å². The van der Waals surface area contributed by atoms with Gasteiger partial charge in [0.25, 0.3) is 0 Å². The van der Waals surface area contributed by atoms with Crippen molar-refractivity contribution in [1.82, 2.24) is 15.5 Å². The Morgan fingerprint density at radius 3 is 2.47 bits per heavy atom. The molecule has 1 fully saturated rings. The van der Waals surface area contributed by atoms with E-state index in [-0.39, 0.29) is 30.0 Å². The van der Waals surface area contributed by atoms with Gasteiger partial charge in [0.1, 0.15) is 5.76 Å². The van der Waals surface area contributed by atoms with Gasteiger partial charge in [-0.05, 0) is 56.1 Å². The molecule has 1 aliphatic rings. The first-order chi connectivity index (χ1) is 14.3. The van der Waals surface area contributed by atoms with Crippen molar-refractivity contribution in [2.75, 3.05) is 33.3 Å². The lowest BCUT2D eigenvalue weighted by Gasteiger charge is -2.33. The minimum absolute atomic E-state index is 0. The lowest BCUT2D eigenvalue weighted by atomic mass is 10.1. The highest BCUT2D eigenvalue weighted by atomic mass is 127. The van der Waals surface area contributed by atoms with Crippen LogP contribution in [0.5, 0.6) is 0 Å². The summed E-state index contributed by atoms with van der Waals surface area (Å²) in [4.78, 5) is 6.90. The van der Waals surface area contributed by atoms with Crippen LogP contribution in [0.15, 0.2) is 52.1 Å². The fourth-order valence-corrected chi connectivity index (χ4v) is 3.69. The number of likely N-dealkylation sites (tertiary alicyclic amines) is 1. The van der Waals surface area contributed by atoms with Gasteiger partial charge in [0.2, 0.25) is 0 Å². The van der Waals surface area contributed by atoms with Gasteiger partial charge in [0, 0.05) is 26.7 Å². The van der Waals surface area contributed by atoms with E-state index in [0.29, 0.717) is 6.61 Å². The van der Waals surface area contributed by atoms with Crippen LogP contribution in [0.2, 0.25) is 0 Å². The van der Waals surface area contributed by atoms with E-state index in [1.54, 1.807) is 6.26 Å². The Hall–Kier alpha value is -1.58. The predicted molar refractivity (Wildman–Crippen MR) is 132 cm³/mol. The number of ether oxygens (including phenoxy) is 1. The quantitative estimate of drug-likeness (QED) is 0.290. The number of aliphatic imine (C=N–C) groups is 1. The van der Waals surface area contributed by atoms with Crippen molar-refractivity contribution in [2.24, 2.45) is 4.99 Å². The Balaban J connectivity index is 0.00000320. The Labute approximate surface area is 197 Å². The molecule has 0 saturated carbocycles. The first kappa shape index (κ1) is 24.7. The number of piperidine rings is 1. The second-order valence-electron chi connectivity index (χ2n) is 7.39. The van der Waals surface area contributed by atoms with E-state index in [1.165, 1.54) is 30.4 Å². The fourth-order valence-electron chi connectivity index (χ4n) is 3.69. The molecule has 0 bridgehead atoms. The van der Waals surface area contributed by atoms with Crippen LogP contribution in [0.1, 0.15) is 49.1 Å². The number of rotatable bonds is 9. The smallest absolute Gasteiger partial charge is 0.191 e. The summed E-state index contributed by atoms with van der Waals surface area (Å²) in [6, 6.07) is 12.8. The lowest BCUT2D eigenvalue weighted by Crippen LogP contribution is -2.44. The Morgan fingerprint density at radius 2 is 1.83 bits per heavy atom. The van der Waals surface area contributed by atoms with Gasteiger partial charge in [-0.15, -0.1) is 24.0 Å². The van der Waals surface area contributed by atoms with Crippen LogP contribution in [0, 0.1) is 0 Å². The molecule has 7 heteroatoms. The monoisotopic (exact) mass is 526 g/mol. The molecule has 2 N–H and O–H groups in total. The van der Waals surface area contributed by atoms with Gasteiger partial charge in [-0.2, -0.15) is 0 Å². The maximum absolute atomic E-state index is 5.73. The summed E-state index contributed by atoms with van der Waals surface area (Å²) in [5, 5.41) is 6.89. The largest absolute Gasteiger partial charge is 0.468 e. The number of hydrogen-bond donors (Lipinski definition) is 2. The van der Waals surface area contributed by atoms with Crippen LogP contribution in [-0.4, -0.2) is 44.1 Å². The standard InChI is InChI=1S/C23H34N4O2.HI/c1-3-28-18-20-11-9-19(10-12-20)16-25-23(24-2)26-17-21(22-8-7-15-29-22)27-13-5-4-6-14-27;/h7-12,15,21H,3-6,13-14,16-18H2,1-2H3,(H2,24,25,26);1H. The molecule has 6 nitrogen and oxygen atoms in total. The molecule has 1 aromatic carbocycles. The summed E-state index contributed by atoms with van der Waals surface area (Å²) < 4.78 is 11.2. The summed E-state index contributed by atoms with van der Waals surface area (Å²) in [7, 11) is 1.81. The summed E-state index contributed by atoms with van der Waals surface area (Å²) in [5.74, 6) is 1.82. The molecule has 166 valence electrons. The first-order valence-corrected chi connectivity index (χ1v) is 10.7. The number of nitrogens with zero attached hydrogens (tertiary/aromatic N) is 2. The highest BCUT2D eigenvalue weighted by Crippen LogP contribution is 2.24. The number of furan rings is 1. The van der Waals surface area contributed by atoms with Crippen molar-refractivity contribution < 1.29 is 9.15 Å². The molecule has 3 rings (SSSR count). The number of halogens is 1. The molecule has 2 heterocycles. The van der Waals surface area contributed by atoms with Crippen molar-refractivity contribution in [2.45, 2.75) is 45.4 Å². The zero-order chi connectivity index (χ0) is 20.3. The van der Waals surface area contributed by atoms with Gasteiger partial charge in [-0.3, -0.25) is 9.89 Å². The van der Waals surface area contributed by atoms with Crippen LogP contribution in [0.25, 0.3) is 0 Å². The molecule has 1 saturated heterocycles. The van der Waals surface area contributed by atoms with Crippen LogP contribution in [0.3, 0.4) is 0 Å². The van der Waals surface area contributed by atoms with E-state index in [9.17, 15) is 0 Å². The van der Waals surface area contributed by atoms with E-state index >= 15 is 0 Å². The van der Waals surface area contributed by atoms with Gasteiger partial charge >= 0.3 is 0 Å². The average molecular weight is 526 g/mol. The molecule has 1 atom stereocenters. The van der Waals surface area contributed by atoms with Crippen molar-refractivity contribution in [3.8, 4) is 0 Å². The van der Waals surface area contributed by atoms with Crippen LogP contribution in [0.4, 0.5) is 0 Å². The Morgan fingerprint density at radius 1 is 1.10 bits per heavy atom. The van der Waals surface area contributed by atoms with Crippen molar-refractivity contribution in [3.63, 3.8) is 0 Å². The molecular weight excluding hydrogens is 491 g/mol. The molecule has 1 aromatic heterocycles. The number of nitrogens with one attached hydrogen (secondary N) is 2. The first-order valence-electron chi connectivity index (χ1n) is 10.7. The SMILES string of the molecule is CCOCc1ccc(CNC(=NC)NCC(c2ccco2)N2CCCCC2)cc1.I. The second-order valence-corrected chi connectivity index (χ2v) is 7.39. The predicted octanol–water partition coefficient (Wildman–Crippen LogP) is 4.33. The summed E-state index contributed by atoms with van der Waals surface area (Å²) in [6.45, 7) is 7.14. The molecule has 2 aromatic rings. The van der Waals surface area contributed by atoms with Crippen LogP contribution < -0.4 is 10.6 Å². The third kappa shape index (κ3) is 7.59. The van der Waals surface area contributed by atoms with Crippen molar-refractivity contribution >= 4 is 29.9 Å². The second kappa shape index (κ2) is 13.7. The van der Waals surface area contributed by atoms with E-state index in [0.717, 1.165) is 44.5 Å². The van der Waals surface area contributed by atoms with Gasteiger partial charge in [0.05, 0.1) is 18.9 Å². The normalized spacial score (nSPS) is 16.0. The average Bonchev–Trinajstić information content (AvgIpc) is 3.30. The minimum Gasteiger partial charge on any atom is -0.468 e. The van der Waals surface area contributed by atoms with Crippen molar-refractivity contribution in [3.05, 3.63) is 59.5 Å². The lowest BCUT2D eigenvalue weighted by molar-refractivity contribution is 0.134. The third-order valence-electron chi connectivity index (χ3n) is 5.35. The van der Waals surface area contributed by atoms with E-state index in [1.807, 2.05) is 20.0 Å². The van der Waals surface area contributed by atoms with Gasteiger partial charge < -0.3 is 19.8 Å². The van der Waals surface area contributed by atoms with Gasteiger partial charge in [0.15, 0.2) is 5.96 Å². The van der Waals surface area contributed by atoms with Gasteiger partial charge in [-0.1, -0.05) is 30.7 Å². The molecular formula is C23H35IN4O2. The number of hydrogen-bond acceptors (Lipinski definition) is 4. The molecule has 0 aliphatic carbocycles.